The van der Waals surface area contributed by atoms with Crippen molar-refractivity contribution < 1.29 is 19.2 Å². The first kappa shape index (κ1) is 19.7. The molecule has 1 saturated heterocycles. The van der Waals surface area contributed by atoms with Crippen LogP contribution < -0.4 is 15.2 Å². The van der Waals surface area contributed by atoms with Gasteiger partial charge in [-0.1, -0.05) is 34.1 Å². The lowest BCUT2D eigenvalue weighted by Crippen LogP contribution is -2.54. The number of para-hydroxylation sites is 1. The number of benzene rings is 2. The second kappa shape index (κ2) is 7.68. The Bertz CT molecular complexity index is 1130. The number of anilines is 2. The highest BCUT2D eigenvalue weighted by atomic mass is 79.9. The largest absolute Gasteiger partial charge is 0.335 e. The molecule has 2 aliphatic heterocycles. The molecule has 1 N–H and O–H groups in total. The number of imide groups is 2. The lowest BCUT2D eigenvalue weighted by molar-refractivity contribution is -0.122. The van der Waals surface area contributed by atoms with Gasteiger partial charge in [-0.3, -0.25) is 19.7 Å². The predicted octanol–water partition coefficient (Wildman–Crippen LogP) is 3.00. The van der Waals surface area contributed by atoms with Crippen molar-refractivity contribution in [2.45, 2.75) is 6.92 Å². The maximum Gasteiger partial charge on any atom is 0.335 e. The average Bonchev–Trinajstić information content (AvgIpc) is 3.01. The van der Waals surface area contributed by atoms with Crippen LogP contribution in [0.2, 0.25) is 0 Å². The van der Waals surface area contributed by atoms with Crippen LogP contribution in [0, 0.1) is 5.92 Å². The summed E-state index contributed by atoms with van der Waals surface area (Å²) in [6.07, 6.45) is 1.26. The monoisotopic (exact) mass is 466 g/mol. The molecule has 30 heavy (non-hydrogen) atoms. The van der Waals surface area contributed by atoms with Crippen molar-refractivity contribution in [3.05, 3.63) is 70.7 Å². The Hall–Kier alpha value is -3.59. The van der Waals surface area contributed by atoms with E-state index in [0.717, 1.165) is 9.37 Å². The standard InChI is InChI=1S/C21H15BrN4O4/c1-12-16(20(29)26(24-12)15-5-3-2-4-6-15)11-17-18(27)23-21(30)25(19(17)28)14-9-7-13(22)8-10-14/h2-11,16H,1H3,(H,23,27,30). The van der Waals surface area contributed by atoms with Gasteiger partial charge in [-0.05, 0) is 49.4 Å². The van der Waals surface area contributed by atoms with E-state index in [2.05, 4.69) is 26.3 Å². The predicted molar refractivity (Wildman–Crippen MR) is 114 cm³/mol. The summed E-state index contributed by atoms with van der Waals surface area (Å²) in [7, 11) is 0. The number of nitrogens with zero attached hydrogens (tertiary/aromatic N) is 3. The molecular weight excluding hydrogens is 452 g/mol. The first-order chi connectivity index (χ1) is 14.4. The van der Waals surface area contributed by atoms with Crippen molar-refractivity contribution in [2.24, 2.45) is 11.0 Å². The summed E-state index contributed by atoms with van der Waals surface area (Å²) in [5.41, 5.74) is 1.02. The van der Waals surface area contributed by atoms with Gasteiger partial charge in [-0.2, -0.15) is 10.1 Å². The molecule has 1 atom stereocenters. The Morgan fingerprint density at radius 3 is 2.30 bits per heavy atom. The summed E-state index contributed by atoms with van der Waals surface area (Å²) < 4.78 is 0.771. The third-order valence-electron chi connectivity index (χ3n) is 4.70. The van der Waals surface area contributed by atoms with E-state index in [9.17, 15) is 19.2 Å². The molecule has 0 bridgehead atoms. The van der Waals surface area contributed by atoms with Crippen molar-refractivity contribution >= 4 is 56.8 Å². The molecule has 9 heteroatoms. The lowest BCUT2D eigenvalue weighted by Gasteiger charge is -2.26. The zero-order chi connectivity index (χ0) is 21.4. The Kier molecular flexibility index (Phi) is 5.04. The van der Waals surface area contributed by atoms with Crippen molar-refractivity contribution in [1.29, 1.82) is 0 Å². The quantitative estimate of drug-likeness (QED) is 0.554. The first-order valence-corrected chi connectivity index (χ1v) is 9.77. The number of urea groups is 1. The number of hydrazone groups is 1. The van der Waals surface area contributed by atoms with Gasteiger partial charge in [0.25, 0.3) is 17.7 Å². The van der Waals surface area contributed by atoms with Gasteiger partial charge in [0, 0.05) is 4.47 Å². The molecule has 5 amide bonds. The zero-order valence-corrected chi connectivity index (χ0v) is 17.3. The van der Waals surface area contributed by atoms with Crippen LogP contribution in [0.4, 0.5) is 16.2 Å². The van der Waals surface area contributed by atoms with Gasteiger partial charge in [0.2, 0.25) is 0 Å². The van der Waals surface area contributed by atoms with Crippen molar-refractivity contribution in [1.82, 2.24) is 5.32 Å². The fourth-order valence-corrected chi connectivity index (χ4v) is 3.46. The maximum absolute atomic E-state index is 13.0. The zero-order valence-electron chi connectivity index (χ0n) is 15.7. The third kappa shape index (κ3) is 3.43. The molecule has 0 radical (unpaired) electrons. The molecule has 1 fully saturated rings. The van der Waals surface area contributed by atoms with E-state index in [-0.39, 0.29) is 11.5 Å². The molecule has 2 aromatic carbocycles. The van der Waals surface area contributed by atoms with Crippen LogP contribution in [0.15, 0.2) is 75.8 Å². The fraction of sp³-hybridized carbons (Fsp3) is 0.0952. The number of rotatable bonds is 3. The SMILES string of the molecule is CC1=NN(c2ccccc2)C(=O)C1C=C1C(=O)NC(=O)N(c2ccc(Br)cc2)C1=O. The minimum Gasteiger partial charge on any atom is -0.273 e. The highest BCUT2D eigenvalue weighted by Gasteiger charge is 2.40. The van der Waals surface area contributed by atoms with Crippen molar-refractivity contribution in [3.8, 4) is 0 Å². The van der Waals surface area contributed by atoms with Crippen LogP contribution >= 0.6 is 15.9 Å². The second-order valence-corrected chi connectivity index (χ2v) is 7.58. The third-order valence-corrected chi connectivity index (χ3v) is 5.23. The molecule has 0 spiro atoms. The molecule has 4 rings (SSSR count). The van der Waals surface area contributed by atoms with Crippen molar-refractivity contribution in [2.75, 3.05) is 9.91 Å². The molecule has 2 aromatic rings. The number of nitrogens with one attached hydrogen (secondary N) is 1. The topological polar surface area (TPSA) is 99.2 Å². The molecule has 8 nitrogen and oxygen atoms in total. The van der Waals surface area contributed by atoms with E-state index >= 15 is 0 Å². The average molecular weight is 467 g/mol. The number of hydrogen-bond donors (Lipinski definition) is 1. The number of carbonyl (C=O) groups is 4. The lowest BCUT2D eigenvalue weighted by atomic mass is 9.98. The van der Waals surface area contributed by atoms with E-state index < -0.39 is 23.8 Å². The number of barbiturate groups is 1. The Morgan fingerprint density at radius 2 is 1.63 bits per heavy atom. The van der Waals surface area contributed by atoms with Crippen LogP contribution in [0.25, 0.3) is 0 Å². The normalized spacial score (nSPS) is 20.7. The maximum atomic E-state index is 13.0. The van der Waals surface area contributed by atoms with Crippen LogP contribution in [-0.4, -0.2) is 29.5 Å². The van der Waals surface area contributed by atoms with E-state index in [1.54, 1.807) is 55.5 Å². The van der Waals surface area contributed by atoms with Gasteiger partial charge in [0.15, 0.2) is 0 Å². The summed E-state index contributed by atoms with van der Waals surface area (Å²) in [5, 5.41) is 7.65. The minimum absolute atomic E-state index is 0.291. The van der Waals surface area contributed by atoms with E-state index in [1.165, 1.54) is 11.1 Å². The molecule has 150 valence electrons. The van der Waals surface area contributed by atoms with Gasteiger partial charge in [0.1, 0.15) is 5.57 Å². The van der Waals surface area contributed by atoms with Crippen molar-refractivity contribution in [3.63, 3.8) is 0 Å². The molecule has 0 saturated carbocycles. The number of halogens is 1. The van der Waals surface area contributed by atoms with Crippen LogP contribution in [0.3, 0.4) is 0 Å². The summed E-state index contributed by atoms with van der Waals surface area (Å²) in [5.74, 6) is -2.93. The second-order valence-electron chi connectivity index (χ2n) is 6.66. The molecule has 0 aliphatic carbocycles. The van der Waals surface area contributed by atoms with E-state index in [0.29, 0.717) is 17.1 Å². The van der Waals surface area contributed by atoms with Crippen LogP contribution in [0.1, 0.15) is 6.92 Å². The molecular formula is C21H15BrN4O4. The van der Waals surface area contributed by atoms with E-state index in [4.69, 9.17) is 0 Å². The summed E-state index contributed by atoms with van der Waals surface area (Å²) in [6.45, 7) is 1.64. The minimum atomic E-state index is -0.894. The smallest absolute Gasteiger partial charge is 0.273 e. The Balaban J connectivity index is 1.67. The highest BCUT2D eigenvalue weighted by Crippen LogP contribution is 2.27. The van der Waals surface area contributed by atoms with Crippen LogP contribution in [-0.2, 0) is 14.4 Å². The van der Waals surface area contributed by atoms with E-state index in [1.807, 2.05) is 6.07 Å². The Labute approximate surface area is 180 Å². The number of carbonyl (C=O) groups excluding carboxylic acids is 4. The molecule has 0 aromatic heterocycles. The molecule has 2 aliphatic rings. The first-order valence-electron chi connectivity index (χ1n) is 8.98. The highest BCUT2D eigenvalue weighted by molar-refractivity contribution is 9.10. The summed E-state index contributed by atoms with van der Waals surface area (Å²) in [4.78, 5) is 51.4. The summed E-state index contributed by atoms with van der Waals surface area (Å²) >= 11 is 3.29. The summed E-state index contributed by atoms with van der Waals surface area (Å²) in [6, 6.07) is 14.5. The van der Waals surface area contributed by atoms with Crippen LogP contribution in [0.5, 0.6) is 0 Å². The molecule has 1 unspecified atom stereocenters. The fourth-order valence-electron chi connectivity index (χ4n) is 3.19. The van der Waals surface area contributed by atoms with Gasteiger partial charge in [0.05, 0.1) is 23.0 Å². The number of hydrogen-bond acceptors (Lipinski definition) is 5. The Morgan fingerprint density at radius 1 is 0.967 bits per heavy atom. The number of amides is 5. The van der Waals surface area contributed by atoms with Gasteiger partial charge < -0.3 is 0 Å². The van der Waals surface area contributed by atoms with Gasteiger partial charge in [-0.25, -0.2) is 9.69 Å². The van der Waals surface area contributed by atoms with Gasteiger partial charge in [-0.15, -0.1) is 0 Å². The molecule has 2 heterocycles. The van der Waals surface area contributed by atoms with Gasteiger partial charge >= 0.3 is 6.03 Å².